The number of benzene rings is 1. The molecule has 1 aliphatic heterocycles. The molecule has 8 heteroatoms. The van der Waals surface area contributed by atoms with Gasteiger partial charge in [0.1, 0.15) is 17.7 Å². The van der Waals surface area contributed by atoms with Crippen molar-refractivity contribution in [1.82, 2.24) is 10.2 Å². The fraction of sp³-hybridized carbons (Fsp3) is 0.438. The highest BCUT2D eigenvalue weighted by Crippen LogP contribution is 2.26. The van der Waals surface area contributed by atoms with Crippen LogP contribution in [0.2, 0.25) is 0 Å². The zero-order chi connectivity index (χ0) is 17.9. The number of halogens is 2. The number of nitrogens with zero attached hydrogens (tertiary/aromatic N) is 1. The zero-order valence-electron chi connectivity index (χ0n) is 13.1. The Bertz CT molecular complexity index is 645. The molecule has 24 heavy (non-hydrogen) atoms. The van der Waals surface area contributed by atoms with Crippen molar-refractivity contribution in [2.75, 3.05) is 6.54 Å². The minimum Gasteiger partial charge on any atom is -0.480 e. The summed E-state index contributed by atoms with van der Waals surface area (Å²) in [4.78, 5) is 36.1. The highest BCUT2D eigenvalue weighted by Gasteiger charge is 2.35. The molecular formula is C16H18F2N2O4. The molecule has 2 N–H and O–H groups in total. The molecule has 1 saturated heterocycles. The van der Waals surface area contributed by atoms with Crippen LogP contribution in [0, 0.1) is 11.6 Å². The summed E-state index contributed by atoms with van der Waals surface area (Å²) in [5.41, 5.74) is -0.410. The predicted octanol–water partition coefficient (Wildman–Crippen LogP) is 1.61. The lowest BCUT2D eigenvalue weighted by molar-refractivity contribution is -0.148. The first-order valence-electron chi connectivity index (χ1n) is 7.54. The van der Waals surface area contributed by atoms with Crippen molar-refractivity contribution in [3.63, 3.8) is 0 Å². The molecule has 0 aromatic heterocycles. The number of amides is 2. The van der Waals surface area contributed by atoms with E-state index >= 15 is 0 Å². The first kappa shape index (κ1) is 17.8. The second-order valence-electron chi connectivity index (χ2n) is 5.68. The summed E-state index contributed by atoms with van der Waals surface area (Å²) >= 11 is 0. The Morgan fingerprint density at radius 1 is 1.33 bits per heavy atom. The monoisotopic (exact) mass is 340 g/mol. The van der Waals surface area contributed by atoms with Crippen LogP contribution in [0.3, 0.4) is 0 Å². The third-order valence-corrected chi connectivity index (χ3v) is 3.96. The Labute approximate surface area is 137 Å². The number of aliphatic carboxylic acids is 1. The number of carbonyl (C=O) groups excluding carboxylic acids is 2. The van der Waals surface area contributed by atoms with E-state index < -0.39 is 53.5 Å². The van der Waals surface area contributed by atoms with Gasteiger partial charge in [-0.05, 0) is 25.0 Å². The molecule has 0 spiro atoms. The van der Waals surface area contributed by atoms with Gasteiger partial charge in [0.05, 0.1) is 12.5 Å². The maximum Gasteiger partial charge on any atom is 0.326 e. The number of carboxylic acids is 1. The molecule has 1 aromatic carbocycles. The van der Waals surface area contributed by atoms with Crippen LogP contribution in [0.4, 0.5) is 8.78 Å². The fourth-order valence-electron chi connectivity index (χ4n) is 2.93. The third-order valence-electron chi connectivity index (χ3n) is 3.96. The van der Waals surface area contributed by atoms with E-state index in [0.717, 1.165) is 12.1 Å². The first-order chi connectivity index (χ1) is 11.3. The second-order valence-corrected chi connectivity index (χ2v) is 5.68. The van der Waals surface area contributed by atoms with Gasteiger partial charge in [-0.3, -0.25) is 9.59 Å². The molecule has 2 rings (SSSR count). The lowest BCUT2D eigenvalue weighted by atomic mass is 10.0. The van der Waals surface area contributed by atoms with Gasteiger partial charge in [-0.25, -0.2) is 13.6 Å². The molecule has 1 heterocycles. The SMILES string of the molecule is CC(=O)N[C@@H](CC(=O)N1CCC[C@H]1C(=O)O)c1c(F)cccc1F. The summed E-state index contributed by atoms with van der Waals surface area (Å²) in [7, 11) is 0. The molecule has 1 fully saturated rings. The van der Waals surface area contributed by atoms with Crippen LogP contribution in [0.5, 0.6) is 0 Å². The van der Waals surface area contributed by atoms with E-state index in [2.05, 4.69) is 5.32 Å². The fourth-order valence-corrected chi connectivity index (χ4v) is 2.93. The summed E-state index contributed by atoms with van der Waals surface area (Å²) in [6.45, 7) is 1.44. The van der Waals surface area contributed by atoms with Crippen molar-refractivity contribution >= 4 is 17.8 Å². The van der Waals surface area contributed by atoms with Gasteiger partial charge >= 0.3 is 5.97 Å². The molecule has 1 aliphatic rings. The quantitative estimate of drug-likeness (QED) is 0.852. The Kier molecular flexibility index (Phi) is 5.48. The van der Waals surface area contributed by atoms with Crippen molar-refractivity contribution < 1.29 is 28.3 Å². The Hall–Kier alpha value is -2.51. The Morgan fingerprint density at radius 3 is 2.50 bits per heavy atom. The molecule has 0 radical (unpaired) electrons. The molecule has 1 aromatic rings. The molecule has 2 atom stereocenters. The van der Waals surface area contributed by atoms with Crippen LogP contribution in [-0.2, 0) is 14.4 Å². The van der Waals surface area contributed by atoms with Crippen LogP contribution >= 0.6 is 0 Å². The second kappa shape index (κ2) is 7.37. The summed E-state index contributed by atoms with van der Waals surface area (Å²) in [5, 5.41) is 11.5. The van der Waals surface area contributed by atoms with Crippen molar-refractivity contribution in [3.8, 4) is 0 Å². The lowest BCUT2D eigenvalue weighted by Crippen LogP contribution is -2.42. The van der Waals surface area contributed by atoms with Gasteiger partial charge in [-0.2, -0.15) is 0 Å². The summed E-state index contributed by atoms with van der Waals surface area (Å²) in [6.07, 6.45) is 0.461. The minimum atomic E-state index is -1.20. The van der Waals surface area contributed by atoms with E-state index in [0.29, 0.717) is 12.8 Å². The number of rotatable bonds is 5. The highest BCUT2D eigenvalue weighted by atomic mass is 19.1. The van der Waals surface area contributed by atoms with Crippen LogP contribution in [0.25, 0.3) is 0 Å². The van der Waals surface area contributed by atoms with Gasteiger partial charge in [-0.1, -0.05) is 6.07 Å². The standard InChI is InChI=1S/C16H18F2N2O4/c1-9(21)19-12(15-10(17)4-2-5-11(15)18)8-14(22)20-7-3-6-13(20)16(23)24/h2,4-5,12-13H,3,6-8H2,1H3,(H,19,21)(H,23,24)/t12-,13-/m0/s1. The molecule has 0 bridgehead atoms. The van der Waals surface area contributed by atoms with Crippen molar-refractivity contribution in [1.29, 1.82) is 0 Å². The maximum absolute atomic E-state index is 14.0. The first-order valence-corrected chi connectivity index (χ1v) is 7.54. The van der Waals surface area contributed by atoms with Gasteiger partial charge in [-0.15, -0.1) is 0 Å². The molecule has 0 unspecified atom stereocenters. The van der Waals surface area contributed by atoms with Crippen molar-refractivity contribution in [2.45, 2.75) is 38.3 Å². The molecular weight excluding hydrogens is 322 g/mol. The van der Waals surface area contributed by atoms with Gasteiger partial charge < -0.3 is 15.3 Å². The number of hydrogen-bond acceptors (Lipinski definition) is 3. The minimum absolute atomic E-state index is 0.266. The predicted molar refractivity (Wildman–Crippen MR) is 79.9 cm³/mol. The molecule has 0 saturated carbocycles. The highest BCUT2D eigenvalue weighted by molar-refractivity contribution is 5.85. The van der Waals surface area contributed by atoms with E-state index in [1.807, 2.05) is 0 Å². The number of carbonyl (C=O) groups is 3. The average Bonchev–Trinajstić information content (AvgIpc) is 2.95. The average molecular weight is 340 g/mol. The van der Waals surface area contributed by atoms with Gasteiger partial charge in [0.2, 0.25) is 11.8 Å². The zero-order valence-corrected chi connectivity index (χ0v) is 13.1. The molecule has 130 valence electrons. The normalized spacial score (nSPS) is 18.3. The van der Waals surface area contributed by atoms with E-state index in [1.165, 1.54) is 17.9 Å². The summed E-state index contributed by atoms with van der Waals surface area (Å²) in [6, 6.07) is 1.11. The smallest absolute Gasteiger partial charge is 0.326 e. The van der Waals surface area contributed by atoms with E-state index in [9.17, 15) is 23.2 Å². The molecule has 6 nitrogen and oxygen atoms in total. The maximum atomic E-state index is 14.0. The summed E-state index contributed by atoms with van der Waals surface area (Å²) in [5.74, 6) is -3.99. The molecule has 0 aliphatic carbocycles. The Balaban J connectivity index is 2.25. The van der Waals surface area contributed by atoms with E-state index in [4.69, 9.17) is 5.11 Å². The largest absolute Gasteiger partial charge is 0.480 e. The van der Waals surface area contributed by atoms with E-state index in [1.54, 1.807) is 0 Å². The Morgan fingerprint density at radius 2 is 1.96 bits per heavy atom. The number of hydrogen-bond donors (Lipinski definition) is 2. The van der Waals surface area contributed by atoms with Gasteiger partial charge in [0.25, 0.3) is 0 Å². The van der Waals surface area contributed by atoms with Crippen molar-refractivity contribution in [3.05, 3.63) is 35.4 Å². The van der Waals surface area contributed by atoms with Crippen LogP contribution in [-0.4, -0.2) is 40.4 Å². The van der Waals surface area contributed by atoms with E-state index in [-0.39, 0.29) is 6.54 Å². The lowest BCUT2D eigenvalue weighted by Gasteiger charge is -2.25. The number of likely N-dealkylation sites (tertiary alicyclic amines) is 1. The van der Waals surface area contributed by atoms with Crippen LogP contribution < -0.4 is 5.32 Å². The number of nitrogens with one attached hydrogen (secondary N) is 1. The van der Waals surface area contributed by atoms with Gasteiger partial charge in [0, 0.05) is 19.0 Å². The van der Waals surface area contributed by atoms with Crippen LogP contribution in [0.1, 0.15) is 37.8 Å². The van der Waals surface area contributed by atoms with Crippen LogP contribution in [0.15, 0.2) is 18.2 Å². The van der Waals surface area contributed by atoms with Gasteiger partial charge in [0.15, 0.2) is 0 Å². The third kappa shape index (κ3) is 3.87. The topological polar surface area (TPSA) is 86.7 Å². The van der Waals surface area contributed by atoms with Crippen molar-refractivity contribution in [2.24, 2.45) is 0 Å². The molecule has 2 amide bonds. The number of carboxylic acid groups (broad SMARTS) is 1. The summed E-state index contributed by atoms with van der Waals surface area (Å²) < 4.78 is 27.9.